The van der Waals surface area contributed by atoms with Gasteiger partial charge in [0.05, 0.1) is 0 Å². The highest BCUT2D eigenvalue weighted by molar-refractivity contribution is 5.96. The lowest BCUT2D eigenvalue weighted by Gasteiger charge is -2.41. The molecule has 1 heterocycles. The molecule has 1 aliphatic heterocycles. The number of hydrogen-bond donors (Lipinski definition) is 1. The molecule has 1 N–H and O–H groups in total. The molecule has 2 aliphatic carbocycles. The molecule has 0 radical (unpaired) electrons. The van der Waals surface area contributed by atoms with Gasteiger partial charge in [0.2, 0.25) is 11.8 Å². The van der Waals surface area contributed by atoms with Crippen molar-refractivity contribution in [3.63, 3.8) is 0 Å². The van der Waals surface area contributed by atoms with Gasteiger partial charge in [-0.05, 0) is 49.9 Å². The Morgan fingerprint density at radius 1 is 1.19 bits per heavy atom. The molecular weight excluding hydrogens is 264 g/mol. The van der Waals surface area contributed by atoms with Crippen LogP contribution in [0.1, 0.15) is 58.8 Å². The van der Waals surface area contributed by atoms with Gasteiger partial charge in [-0.25, -0.2) is 0 Å². The van der Waals surface area contributed by atoms with Crippen LogP contribution >= 0.6 is 0 Å². The Morgan fingerprint density at radius 3 is 2.57 bits per heavy atom. The van der Waals surface area contributed by atoms with E-state index in [9.17, 15) is 9.59 Å². The maximum absolute atomic E-state index is 12.7. The van der Waals surface area contributed by atoms with Crippen molar-refractivity contribution in [2.24, 2.45) is 17.8 Å². The normalized spacial score (nSPS) is 39.0. The van der Waals surface area contributed by atoms with Gasteiger partial charge in [0.15, 0.2) is 0 Å². The van der Waals surface area contributed by atoms with E-state index in [1.807, 2.05) is 11.8 Å². The number of fused-ring (bicyclic) bond motifs is 2. The molecular formula is C17H28N2O2. The van der Waals surface area contributed by atoms with Crippen molar-refractivity contribution >= 4 is 11.8 Å². The zero-order valence-electron chi connectivity index (χ0n) is 13.3. The van der Waals surface area contributed by atoms with Crippen LogP contribution in [0.5, 0.6) is 0 Å². The SMILES string of the molecule is CCCC1NC(=O)C(CC)N(CC2CC3CCC2C3)C1=O. The van der Waals surface area contributed by atoms with Crippen LogP contribution in [0.25, 0.3) is 0 Å². The number of carbonyl (C=O) groups excluding carboxylic acids is 2. The topological polar surface area (TPSA) is 49.4 Å². The van der Waals surface area contributed by atoms with Crippen LogP contribution in [0.15, 0.2) is 0 Å². The largest absolute Gasteiger partial charge is 0.343 e. The Labute approximate surface area is 127 Å². The van der Waals surface area contributed by atoms with Crippen molar-refractivity contribution < 1.29 is 9.59 Å². The third kappa shape index (κ3) is 2.69. The number of nitrogens with zero attached hydrogens (tertiary/aromatic N) is 1. The minimum absolute atomic E-state index is 0.0544. The molecule has 5 atom stereocenters. The van der Waals surface area contributed by atoms with Crippen LogP contribution < -0.4 is 5.32 Å². The summed E-state index contributed by atoms with van der Waals surface area (Å²) in [7, 11) is 0. The molecule has 3 aliphatic rings. The fourth-order valence-corrected chi connectivity index (χ4v) is 4.78. The van der Waals surface area contributed by atoms with Crippen molar-refractivity contribution in [3.8, 4) is 0 Å². The van der Waals surface area contributed by atoms with Crippen LogP contribution in [0.4, 0.5) is 0 Å². The first kappa shape index (κ1) is 14.9. The summed E-state index contributed by atoms with van der Waals surface area (Å²) >= 11 is 0. The van der Waals surface area contributed by atoms with Gasteiger partial charge in [-0.3, -0.25) is 9.59 Å². The van der Waals surface area contributed by atoms with E-state index in [4.69, 9.17) is 0 Å². The molecule has 2 amide bonds. The van der Waals surface area contributed by atoms with Crippen LogP contribution in [-0.4, -0.2) is 35.3 Å². The molecule has 3 rings (SSSR count). The lowest BCUT2D eigenvalue weighted by atomic mass is 9.87. The van der Waals surface area contributed by atoms with E-state index in [2.05, 4.69) is 12.2 Å². The Bertz CT molecular complexity index is 423. The van der Waals surface area contributed by atoms with Gasteiger partial charge in [-0.1, -0.05) is 26.7 Å². The van der Waals surface area contributed by atoms with Gasteiger partial charge >= 0.3 is 0 Å². The fourth-order valence-electron chi connectivity index (χ4n) is 4.78. The summed E-state index contributed by atoms with van der Waals surface area (Å²) in [6.45, 7) is 4.88. The Kier molecular flexibility index (Phi) is 4.23. The molecule has 0 aromatic carbocycles. The number of hydrogen-bond acceptors (Lipinski definition) is 2. The third-order valence-corrected chi connectivity index (χ3v) is 5.86. The molecule has 4 nitrogen and oxygen atoms in total. The highest BCUT2D eigenvalue weighted by atomic mass is 16.2. The summed E-state index contributed by atoms with van der Waals surface area (Å²) in [5, 5.41) is 2.93. The predicted octanol–water partition coefficient (Wildman–Crippen LogP) is 2.33. The van der Waals surface area contributed by atoms with Crippen LogP contribution in [0.2, 0.25) is 0 Å². The van der Waals surface area contributed by atoms with Gasteiger partial charge in [-0.2, -0.15) is 0 Å². The van der Waals surface area contributed by atoms with Gasteiger partial charge in [0, 0.05) is 6.54 Å². The van der Waals surface area contributed by atoms with E-state index in [-0.39, 0.29) is 23.9 Å². The standard InChI is InChI=1S/C17H28N2O2/c1-3-5-14-17(21)19(15(4-2)16(20)18-14)10-13-9-11-6-7-12(13)8-11/h11-15H,3-10H2,1-2H3,(H,18,20). The van der Waals surface area contributed by atoms with E-state index in [0.29, 0.717) is 5.92 Å². The minimum Gasteiger partial charge on any atom is -0.343 e. The molecule has 21 heavy (non-hydrogen) atoms. The average Bonchev–Trinajstić information content (AvgIpc) is 3.07. The van der Waals surface area contributed by atoms with Crippen molar-refractivity contribution in [2.75, 3.05) is 6.54 Å². The lowest BCUT2D eigenvalue weighted by molar-refractivity contribution is -0.150. The van der Waals surface area contributed by atoms with Gasteiger partial charge in [0.1, 0.15) is 12.1 Å². The quantitative estimate of drug-likeness (QED) is 0.845. The Hall–Kier alpha value is -1.06. The van der Waals surface area contributed by atoms with Crippen LogP contribution in [0, 0.1) is 17.8 Å². The van der Waals surface area contributed by atoms with E-state index < -0.39 is 0 Å². The monoisotopic (exact) mass is 292 g/mol. The van der Waals surface area contributed by atoms with E-state index >= 15 is 0 Å². The molecule has 1 saturated heterocycles. The number of carbonyl (C=O) groups is 2. The highest BCUT2D eigenvalue weighted by Crippen LogP contribution is 2.48. The molecule has 5 unspecified atom stereocenters. The zero-order valence-corrected chi connectivity index (χ0v) is 13.3. The highest BCUT2D eigenvalue weighted by Gasteiger charge is 2.44. The minimum atomic E-state index is -0.288. The first-order valence-electron chi connectivity index (χ1n) is 8.74. The number of amides is 2. The molecule has 118 valence electrons. The zero-order chi connectivity index (χ0) is 15.0. The summed E-state index contributed by atoms with van der Waals surface area (Å²) in [6, 6.07) is -0.534. The maximum atomic E-state index is 12.7. The number of rotatable bonds is 5. The van der Waals surface area contributed by atoms with E-state index in [0.717, 1.165) is 37.6 Å². The van der Waals surface area contributed by atoms with Crippen LogP contribution in [0.3, 0.4) is 0 Å². The molecule has 0 aromatic heterocycles. The van der Waals surface area contributed by atoms with Crippen molar-refractivity contribution in [3.05, 3.63) is 0 Å². The average molecular weight is 292 g/mol. The smallest absolute Gasteiger partial charge is 0.245 e. The maximum Gasteiger partial charge on any atom is 0.245 e. The third-order valence-electron chi connectivity index (χ3n) is 5.86. The summed E-state index contributed by atoms with van der Waals surface area (Å²) in [5.74, 6) is 2.54. The van der Waals surface area contributed by atoms with Gasteiger partial charge in [-0.15, -0.1) is 0 Å². The Morgan fingerprint density at radius 2 is 2.00 bits per heavy atom. The summed E-state index contributed by atoms with van der Waals surface area (Å²) < 4.78 is 0. The second-order valence-electron chi connectivity index (χ2n) is 7.20. The fraction of sp³-hybridized carbons (Fsp3) is 0.882. The van der Waals surface area contributed by atoms with Crippen LogP contribution in [-0.2, 0) is 9.59 Å². The van der Waals surface area contributed by atoms with Gasteiger partial charge < -0.3 is 10.2 Å². The predicted molar refractivity (Wildman–Crippen MR) is 81.6 cm³/mol. The lowest BCUT2D eigenvalue weighted by Crippen LogP contribution is -2.63. The van der Waals surface area contributed by atoms with Gasteiger partial charge in [0.25, 0.3) is 0 Å². The second-order valence-corrected chi connectivity index (χ2v) is 7.20. The van der Waals surface area contributed by atoms with E-state index in [1.54, 1.807) is 0 Å². The molecule has 4 heteroatoms. The summed E-state index contributed by atoms with van der Waals surface area (Å²) in [6.07, 6.45) is 7.74. The van der Waals surface area contributed by atoms with E-state index in [1.165, 1.54) is 25.7 Å². The number of nitrogens with one attached hydrogen (secondary N) is 1. The second kappa shape index (κ2) is 5.98. The summed E-state index contributed by atoms with van der Waals surface area (Å²) in [5.41, 5.74) is 0. The first-order valence-corrected chi connectivity index (χ1v) is 8.74. The Balaban J connectivity index is 1.72. The molecule has 2 saturated carbocycles. The van der Waals surface area contributed by atoms with Crippen molar-refractivity contribution in [2.45, 2.75) is 70.9 Å². The molecule has 2 bridgehead atoms. The molecule has 0 spiro atoms. The summed E-state index contributed by atoms with van der Waals surface area (Å²) in [4.78, 5) is 27.0. The first-order chi connectivity index (χ1) is 10.1. The molecule has 0 aromatic rings. The van der Waals surface area contributed by atoms with Crippen molar-refractivity contribution in [1.82, 2.24) is 10.2 Å². The molecule has 3 fully saturated rings. The number of piperazine rings is 1. The van der Waals surface area contributed by atoms with Crippen molar-refractivity contribution in [1.29, 1.82) is 0 Å².